The molecule has 24 heavy (non-hydrogen) atoms. The van der Waals surface area contributed by atoms with E-state index in [1.807, 2.05) is 32.0 Å². The van der Waals surface area contributed by atoms with Crippen LogP contribution in [0.1, 0.15) is 35.0 Å². The molecule has 130 valence electrons. The molecule has 0 saturated heterocycles. The molecule has 0 unspecified atom stereocenters. The van der Waals surface area contributed by atoms with Crippen molar-refractivity contribution in [3.63, 3.8) is 0 Å². The van der Waals surface area contributed by atoms with Crippen molar-refractivity contribution in [3.05, 3.63) is 50.4 Å². The third kappa shape index (κ3) is 4.95. The second-order valence-corrected chi connectivity index (χ2v) is 8.14. The number of nitrogens with zero attached hydrogens (tertiary/aromatic N) is 2. The van der Waals surface area contributed by atoms with Gasteiger partial charge in [0.2, 0.25) is 0 Å². The molecule has 1 aromatic heterocycles. The van der Waals surface area contributed by atoms with Gasteiger partial charge in [0.25, 0.3) is 0 Å². The second kappa shape index (κ2) is 7.99. The Morgan fingerprint density at radius 3 is 2.62 bits per heavy atom. The fourth-order valence-corrected chi connectivity index (χ4v) is 3.51. The standard InChI is InChI=1S/C18H25ClN4S/c1-12-16(24-13(2)23-12)10-21-17(20-5)22-11-18(3,4)14-7-6-8-15(19)9-14/h6-9H,10-11H2,1-5H3,(H2,20,21,22). The molecule has 0 fully saturated rings. The number of benzene rings is 1. The first-order chi connectivity index (χ1) is 11.3. The molecule has 1 aromatic carbocycles. The van der Waals surface area contributed by atoms with Crippen LogP contribution in [0, 0.1) is 13.8 Å². The summed E-state index contributed by atoms with van der Waals surface area (Å²) in [5.41, 5.74) is 2.23. The molecule has 0 bridgehead atoms. The molecule has 2 rings (SSSR count). The number of halogens is 1. The van der Waals surface area contributed by atoms with Crippen molar-refractivity contribution in [2.75, 3.05) is 13.6 Å². The fraction of sp³-hybridized carbons (Fsp3) is 0.444. The summed E-state index contributed by atoms with van der Waals surface area (Å²) in [7, 11) is 1.78. The van der Waals surface area contributed by atoms with Gasteiger partial charge in [-0.15, -0.1) is 11.3 Å². The van der Waals surface area contributed by atoms with Crippen molar-refractivity contribution in [2.45, 2.75) is 39.7 Å². The summed E-state index contributed by atoms with van der Waals surface area (Å²) in [5.74, 6) is 0.788. The van der Waals surface area contributed by atoms with Gasteiger partial charge >= 0.3 is 0 Å². The third-order valence-corrected chi connectivity index (χ3v) is 5.25. The van der Waals surface area contributed by atoms with E-state index in [0.29, 0.717) is 0 Å². The minimum absolute atomic E-state index is 0.0560. The van der Waals surface area contributed by atoms with Crippen LogP contribution in [0.25, 0.3) is 0 Å². The van der Waals surface area contributed by atoms with Crippen molar-refractivity contribution in [1.29, 1.82) is 0 Å². The van der Waals surface area contributed by atoms with Crippen LogP contribution in [0.15, 0.2) is 29.3 Å². The van der Waals surface area contributed by atoms with Crippen molar-refractivity contribution in [1.82, 2.24) is 15.6 Å². The third-order valence-electron chi connectivity index (χ3n) is 3.94. The molecule has 0 atom stereocenters. The van der Waals surface area contributed by atoms with E-state index < -0.39 is 0 Å². The first-order valence-corrected chi connectivity index (χ1v) is 9.15. The van der Waals surface area contributed by atoms with Crippen LogP contribution in [0.3, 0.4) is 0 Å². The lowest BCUT2D eigenvalue weighted by atomic mass is 9.84. The summed E-state index contributed by atoms with van der Waals surface area (Å²) >= 11 is 7.83. The zero-order chi connectivity index (χ0) is 17.7. The molecule has 0 aliphatic carbocycles. The van der Waals surface area contributed by atoms with Crippen LogP contribution >= 0.6 is 22.9 Å². The highest BCUT2D eigenvalue weighted by Gasteiger charge is 2.21. The van der Waals surface area contributed by atoms with Gasteiger partial charge < -0.3 is 10.6 Å². The smallest absolute Gasteiger partial charge is 0.191 e. The maximum Gasteiger partial charge on any atom is 0.191 e. The zero-order valence-electron chi connectivity index (χ0n) is 14.9. The number of aromatic nitrogens is 1. The predicted octanol–water partition coefficient (Wildman–Crippen LogP) is 4.06. The normalized spacial score (nSPS) is 12.3. The fourth-order valence-electron chi connectivity index (χ4n) is 2.44. The van der Waals surface area contributed by atoms with Crippen LogP contribution in [-0.4, -0.2) is 24.5 Å². The van der Waals surface area contributed by atoms with E-state index in [1.54, 1.807) is 18.4 Å². The van der Waals surface area contributed by atoms with Gasteiger partial charge in [0.1, 0.15) is 0 Å². The monoisotopic (exact) mass is 364 g/mol. The van der Waals surface area contributed by atoms with Gasteiger partial charge in [0.05, 0.1) is 17.2 Å². The SMILES string of the molecule is CN=C(NCc1sc(C)nc1C)NCC(C)(C)c1cccc(Cl)c1. The molecule has 2 N–H and O–H groups in total. The summed E-state index contributed by atoms with van der Waals surface area (Å²) in [5, 5.41) is 8.62. The lowest BCUT2D eigenvalue weighted by Gasteiger charge is -2.27. The van der Waals surface area contributed by atoms with Crippen LogP contribution < -0.4 is 10.6 Å². The van der Waals surface area contributed by atoms with E-state index in [-0.39, 0.29) is 5.41 Å². The Balaban J connectivity index is 1.94. The Hall–Kier alpha value is -1.59. The van der Waals surface area contributed by atoms with Crippen molar-refractivity contribution in [3.8, 4) is 0 Å². The maximum absolute atomic E-state index is 6.11. The van der Waals surface area contributed by atoms with E-state index >= 15 is 0 Å². The van der Waals surface area contributed by atoms with Gasteiger partial charge in [0.15, 0.2) is 5.96 Å². The van der Waals surface area contributed by atoms with Crippen LogP contribution in [-0.2, 0) is 12.0 Å². The minimum Gasteiger partial charge on any atom is -0.356 e. The first kappa shape index (κ1) is 18.7. The van der Waals surface area contributed by atoms with E-state index in [2.05, 4.69) is 40.5 Å². The van der Waals surface area contributed by atoms with E-state index in [0.717, 1.165) is 34.8 Å². The Morgan fingerprint density at radius 1 is 1.29 bits per heavy atom. The molecular weight excluding hydrogens is 340 g/mol. The highest BCUT2D eigenvalue weighted by Crippen LogP contribution is 2.24. The van der Waals surface area contributed by atoms with Gasteiger partial charge in [-0.2, -0.15) is 0 Å². The van der Waals surface area contributed by atoms with E-state index in [1.165, 1.54) is 10.4 Å². The van der Waals surface area contributed by atoms with Crippen molar-refractivity contribution >= 4 is 28.9 Å². The lowest BCUT2D eigenvalue weighted by Crippen LogP contribution is -2.43. The maximum atomic E-state index is 6.11. The Kier molecular flexibility index (Phi) is 6.24. The molecule has 0 spiro atoms. The quantitative estimate of drug-likeness (QED) is 0.621. The Labute approximate surface area is 153 Å². The van der Waals surface area contributed by atoms with Crippen molar-refractivity contribution in [2.24, 2.45) is 4.99 Å². The van der Waals surface area contributed by atoms with Crippen LogP contribution in [0.5, 0.6) is 0 Å². The number of guanidine groups is 1. The summed E-state index contributed by atoms with van der Waals surface area (Å²) in [6.45, 7) is 9.94. The molecule has 0 aliphatic rings. The molecule has 1 heterocycles. The minimum atomic E-state index is -0.0560. The molecular formula is C18H25ClN4S. The number of hydrogen-bond acceptors (Lipinski definition) is 3. The van der Waals surface area contributed by atoms with Gasteiger partial charge in [-0.05, 0) is 31.5 Å². The average Bonchev–Trinajstić information content (AvgIpc) is 2.85. The molecule has 4 nitrogen and oxygen atoms in total. The molecule has 0 saturated carbocycles. The number of hydrogen-bond donors (Lipinski definition) is 2. The number of rotatable bonds is 5. The molecule has 0 radical (unpaired) electrons. The lowest BCUT2D eigenvalue weighted by molar-refractivity contribution is 0.508. The number of nitrogens with one attached hydrogen (secondary N) is 2. The molecule has 0 amide bonds. The highest BCUT2D eigenvalue weighted by atomic mass is 35.5. The molecule has 2 aromatic rings. The first-order valence-electron chi connectivity index (χ1n) is 7.95. The molecule has 0 aliphatic heterocycles. The molecule has 6 heteroatoms. The van der Waals surface area contributed by atoms with E-state index in [9.17, 15) is 0 Å². The number of thiazole rings is 1. The van der Waals surface area contributed by atoms with Gasteiger partial charge in [-0.3, -0.25) is 4.99 Å². The summed E-state index contributed by atoms with van der Waals surface area (Å²) in [6.07, 6.45) is 0. The predicted molar refractivity (Wildman–Crippen MR) is 104 cm³/mol. The number of aliphatic imine (C=N–C) groups is 1. The van der Waals surface area contributed by atoms with E-state index in [4.69, 9.17) is 11.6 Å². The van der Waals surface area contributed by atoms with Crippen LogP contribution in [0.2, 0.25) is 5.02 Å². The number of aryl methyl sites for hydroxylation is 2. The second-order valence-electron chi connectivity index (χ2n) is 6.42. The van der Waals surface area contributed by atoms with Gasteiger partial charge in [-0.1, -0.05) is 37.6 Å². The van der Waals surface area contributed by atoms with Gasteiger partial charge in [-0.25, -0.2) is 4.98 Å². The zero-order valence-corrected chi connectivity index (χ0v) is 16.5. The Morgan fingerprint density at radius 2 is 2.04 bits per heavy atom. The Bertz CT molecular complexity index is 722. The van der Waals surface area contributed by atoms with Crippen molar-refractivity contribution < 1.29 is 0 Å². The highest BCUT2D eigenvalue weighted by molar-refractivity contribution is 7.11. The largest absolute Gasteiger partial charge is 0.356 e. The summed E-state index contributed by atoms with van der Waals surface area (Å²) in [4.78, 5) is 10.0. The average molecular weight is 365 g/mol. The topological polar surface area (TPSA) is 49.3 Å². The van der Waals surface area contributed by atoms with Crippen LogP contribution in [0.4, 0.5) is 0 Å². The summed E-state index contributed by atoms with van der Waals surface area (Å²) in [6, 6.07) is 8.01. The van der Waals surface area contributed by atoms with Gasteiger partial charge in [0, 0.05) is 28.9 Å². The summed E-state index contributed by atoms with van der Waals surface area (Å²) < 4.78 is 0.